The van der Waals surface area contributed by atoms with Gasteiger partial charge in [-0.25, -0.2) is 28.4 Å². The Balaban J connectivity index is 0.000000200. The molecule has 3 aromatic heterocycles. The second-order valence-corrected chi connectivity index (χ2v) is 28.3. The number of amides is 8. The van der Waals surface area contributed by atoms with Crippen LogP contribution in [0.25, 0.3) is 50.8 Å². The highest BCUT2D eigenvalue weighted by Crippen LogP contribution is 2.39. The summed E-state index contributed by atoms with van der Waals surface area (Å²) < 4.78 is 4.71. The number of carboxylic acid groups (broad SMARTS) is 3. The minimum Gasteiger partial charge on any atom is -0.478 e. The summed E-state index contributed by atoms with van der Waals surface area (Å²) in [6.07, 6.45) is 2.53. The number of anilines is 6. The van der Waals surface area contributed by atoms with Crippen LogP contribution >= 0.6 is 0 Å². The van der Waals surface area contributed by atoms with Crippen molar-refractivity contribution in [3.63, 3.8) is 0 Å². The maximum Gasteiger partial charge on any atom is 0.335 e. The number of hydrogen-bond donors (Lipinski definition) is 17. The Morgan fingerprint density at radius 3 is 0.953 bits per heavy atom. The molecule has 0 aliphatic carbocycles. The van der Waals surface area contributed by atoms with Crippen molar-refractivity contribution in [1.29, 1.82) is 0 Å². The Bertz CT molecular complexity index is 6020. The molecule has 0 radical (unpaired) electrons. The van der Waals surface area contributed by atoms with Gasteiger partial charge < -0.3 is 92.3 Å². The monoisotopic (exact) mass is 1730 g/mol. The zero-order chi connectivity index (χ0) is 91.8. The van der Waals surface area contributed by atoms with Crippen LogP contribution < -0.4 is 76.9 Å². The molecule has 37 nitrogen and oxygen atoms in total. The van der Waals surface area contributed by atoms with Crippen molar-refractivity contribution in [3.8, 4) is 50.8 Å². The van der Waals surface area contributed by atoms with E-state index in [0.29, 0.717) is 88.9 Å². The van der Waals surface area contributed by atoms with Crippen LogP contribution in [0, 0.1) is 0 Å². The number of nitrogens with one attached hydrogen (secondary N) is 8. The van der Waals surface area contributed by atoms with Crippen LogP contribution in [-0.4, -0.2) is 159 Å². The molecule has 0 saturated carbocycles. The first-order valence-electron chi connectivity index (χ1n) is 39.9. The van der Waals surface area contributed by atoms with E-state index in [-0.39, 0.29) is 113 Å². The lowest BCUT2D eigenvalue weighted by atomic mass is 10.1. The van der Waals surface area contributed by atoms with Crippen LogP contribution in [0.3, 0.4) is 0 Å². The molecule has 3 heterocycles. The summed E-state index contributed by atoms with van der Waals surface area (Å²) in [5, 5.41) is 63.7. The van der Waals surface area contributed by atoms with Gasteiger partial charge in [-0.1, -0.05) is 152 Å². The SMILES string of the molecule is CC(=O)NC(CCCN=C(N)N)C(=O)Nc1c(C(=O)Nc2ccc(C(=O)O)cc2)nn(-c2ccccc2)c1-c1ccccc1.CC(=O)NC(CCCN=C(N)N)C(=O)Nc1c(C(=O)Nc2cccc(C(=O)O)c2)nn(-c2ccccc2)c1-c1ccccc1.NC(N)=NCCCCC(=O)Nc1c(C(=O)Nc2ccc(C(=O)O)cc2)nn(-c2ccccc2)c1-c1ccccc1. The number of carbonyl (C=O) groups is 11. The van der Waals surface area contributed by atoms with Gasteiger partial charge in [0, 0.05) is 73.7 Å². The maximum absolute atomic E-state index is 13.8. The number of nitrogens with zero attached hydrogens (tertiary/aromatic N) is 9. The van der Waals surface area contributed by atoms with E-state index in [0.717, 1.165) is 5.56 Å². The summed E-state index contributed by atoms with van der Waals surface area (Å²) in [4.78, 5) is 151. The molecule has 0 aliphatic heterocycles. The molecule has 0 bridgehead atoms. The van der Waals surface area contributed by atoms with Crippen LogP contribution in [0.2, 0.25) is 0 Å². The summed E-state index contributed by atoms with van der Waals surface area (Å²) in [6.45, 7) is 3.50. The van der Waals surface area contributed by atoms with E-state index in [1.807, 2.05) is 158 Å². The van der Waals surface area contributed by atoms with Crippen molar-refractivity contribution in [2.24, 2.45) is 49.4 Å². The van der Waals surface area contributed by atoms with Crippen molar-refractivity contribution in [2.75, 3.05) is 51.5 Å². The summed E-state index contributed by atoms with van der Waals surface area (Å²) in [6, 6.07) is 70.1. The number of aromatic nitrogens is 6. The number of para-hydroxylation sites is 3. The van der Waals surface area contributed by atoms with Crippen LogP contribution in [0.1, 0.15) is 121 Å². The number of carboxylic acids is 3. The van der Waals surface area contributed by atoms with Gasteiger partial charge in [0.1, 0.15) is 29.1 Å². The molecule has 0 saturated heterocycles. The first kappa shape index (κ1) is 92.9. The molecule has 37 heteroatoms. The van der Waals surface area contributed by atoms with E-state index < -0.39 is 71.3 Å². The molecule has 2 unspecified atom stereocenters. The van der Waals surface area contributed by atoms with E-state index in [1.54, 1.807) is 38.3 Å². The fraction of sp³-hybridized carbons (Fsp3) is 0.154. The molecule has 656 valence electrons. The molecular formula is C91H93N23O14. The third-order valence-corrected chi connectivity index (χ3v) is 18.7. The fourth-order valence-corrected chi connectivity index (χ4v) is 12.9. The highest BCUT2D eigenvalue weighted by molar-refractivity contribution is 6.15. The van der Waals surface area contributed by atoms with Gasteiger partial charge in [-0.15, -0.1) is 0 Å². The Hall–Kier alpha value is -17.4. The molecular weight excluding hydrogens is 1640 g/mol. The van der Waals surface area contributed by atoms with Crippen molar-refractivity contribution >= 4 is 117 Å². The summed E-state index contributed by atoms with van der Waals surface area (Å²) in [5.41, 5.74) is 38.9. The molecule has 8 amide bonds. The molecule has 12 aromatic rings. The molecule has 0 aliphatic rings. The number of aliphatic imine (C=N–C) groups is 3. The largest absolute Gasteiger partial charge is 0.478 e. The lowest BCUT2D eigenvalue weighted by molar-refractivity contribution is -0.125. The second-order valence-electron chi connectivity index (χ2n) is 28.3. The average molecular weight is 1730 g/mol. The van der Waals surface area contributed by atoms with Gasteiger partial charge in [-0.3, -0.25) is 53.3 Å². The smallest absolute Gasteiger partial charge is 0.335 e. The second kappa shape index (κ2) is 45.5. The first-order chi connectivity index (χ1) is 61.6. The van der Waals surface area contributed by atoms with Gasteiger partial charge in [0.25, 0.3) is 17.7 Å². The molecule has 23 N–H and O–H groups in total. The van der Waals surface area contributed by atoms with Crippen LogP contribution in [-0.2, 0) is 24.0 Å². The van der Waals surface area contributed by atoms with E-state index in [2.05, 4.69) is 72.8 Å². The Kier molecular flexibility index (Phi) is 33.0. The van der Waals surface area contributed by atoms with Crippen molar-refractivity contribution in [3.05, 3.63) is 289 Å². The number of rotatable bonds is 35. The average Bonchev–Trinajstić information content (AvgIpc) is 1.63. The Morgan fingerprint density at radius 1 is 0.336 bits per heavy atom. The number of carbonyl (C=O) groups excluding carboxylic acids is 8. The molecule has 0 spiro atoms. The summed E-state index contributed by atoms with van der Waals surface area (Å²) >= 11 is 0. The van der Waals surface area contributed by atoms with Crippen LogP contribution in [0.15, 0.2) is 270 Å². The van der Waals surface area contributed by atoms with Crippen molar-refractivity contribution < 1.29 is 68.1 Å². The number of guanidine groups is 3. The minimum atomic E-state index is -1.15. The van der Waals surface area contributed by atoms with E-state index in [4.69, 9.17) is 39.5 Å². The molecule has 2 atom stereocenters. The lowest BCUT2D eigenvalue weighted by Crippen LogP contribution is -2.43. The lowest BCUT2D eigenvalue weighted by Gasteiger charge is -2.18. The zero-order valence-corrected chi connectivity index (χ0v) is 69.3. The molecule has 9 aromatic carbocycles. The Morgan fingerprint density at radius 2 is 0.641 bits per heavy atom. The Labute approximate surface area is 732 Å². The van der Waals surface area contributed by atoms with Crippen molar-refractivity contribution in [1.82, 2.24) is 40.0 Å². The van der Waals surface area contributed by atoms with Crippen molar-refractivity contribution in [2.45, 2.75) is 70.9 Å². The summed E-state index contributed by atoms with van der Waals surface area (Å²) in [5.74, 6) is -7.73. The fourth-order valence-electron chi connectivity index (χ4n) is 12.9. The molecule has 12 rings (SSSR count). The molecule has 0 fully saturated rings. The topological polar surface area (TPSA) is 591 Å². The van der Waals surface area contributed by atoms with Gasteiger partial charge in [-0.05, 0) is 142 Å². The van der Waals surface area contributed by atoms with Crippen LogP contribution in [0.5, 0.6) is 0 Å². The number of benzene rings is 9. The summed E-state index contributed by atoms with van der Waals surface area (Å²) in [7, 11) is 0. The third kappa shape index (κ3) is 26.3. The highest BCUT2D eigenvalue weighted by Gasteiger charge is 2.33. The van der Waals surface area contributed by atoms with E-state index >= 15 is 0 Å². The minimum absolute atomic E-state index is 0.00104. The maximum atomic E-state index is 13.8. The number of hydrogen-bond acceptors (Lipinski definition) is 17. The van der Waals surface area contributed by atoms with E-state index in [1.165, 1.54) is 86.6 Å². The standard InChI is InChI=1S/2C31H32N8O5.C29H29N7O4/c1-19(40)35-24(16-9-17-34-31(32)33)28(41)37-25-26(29(42)36-22-13-8-12-21(18-22)30(43)44)38-39(23-14-6-3-7-15-23)27(25)20-10-4-2-5-11-20;1-19(40)35-24(13-8-18-34-31(32)33)28(41)37-25-26(29(42)36-22-16-14-21(15-17-22)30(43)44)38-39(23-11-6-3-7-12-23)27(25)20-9-4-2-5-10-20;30-29(31)32-18-8-7-13-23(37)34-24-25(27(38)33-21-16-14-20(15-17-21)28(39)40)35-36(22-11-5-2-6-12-22)26(24)19-9-3-1-4-10-19/h2-8,10-15,18,24H,9,16-17H2,1H3,(H,35,40)(H,36,42)(H,37,41)(H,43,44)(H4,32,33,34);2-7,9-12,14-17,24H,8,13,18H2,1H3,(H,35,40)(H,36,42)(H,37,41)(H,43,44)(H4,32,33,34);1-6,9-12,14-17H,7-8,13,18H2,(H,33,38)(H,34,37)(H,39,40)(H4,30,31,32). The van der Waals surface area contributed by atoms with E-state index in [9.17, 15) is 63.0 Å². The van der Waals surface area contributed by atoms with Gasteiger partial charge in [0.2, 0.25) is 29.5 Å². The zero-order valence-electron chi connectivity index (χ0n) is 69.3. The van der Waals surface area contributed by atoms with Gasteiger partial charge in [0.15, 0.2) is 35.0 Å². The number of unbranched alkanes of at least 4 members (excludes halogenated alkanes) is 1. The van der Waals surface area contributed by atoms with Gasteiger partial charge in [-0.2, -0.15) is 15.3 Å². The van der Waals surface area contributed by atoms with Gasteiger partial charge in [0.05, 0.1) is 50.8 Å². The first-order valence-corrected chi connectivity index (χ1v) is 39.9. The normalized spacial score (nSPS) is 11.0. The highest BCUT2D eigenvalue weighted by atomic mass is 16.4. The number of aromatic carboxylic acids is 3. The number of nitrogens with two attached hydrogens (primary N) is 6. The third-order valence-electron chi connectivity index (χ3n) is 18.7. The predicted octanol–water partition coefficient (Wildman–Crippen LogP) is 9.85. The molecule has 128 heavy (non-hydrogen) atoms. The quantitative estimate of drug-likeness (QED) is 0.00997. The van der Waals surface area contributed by atoms with Crippen LogP contribution in [0.4, 0.5) is 34.1 Å². The predicted molar refractivity (Wildman–Crippen MR) is 487 cm³/mol. The van der Waals surface area contributed by atoms with Gasteiger partial charge >= 0.3 is 17.9 Å².